The average Bonchev–Trinajstić information content (AvgIpc) is 2.98. The third-order valence-corrected chi connectivity index (χ3v) is 4.37. The zero-order valence-electron chi connectivity index (χ0n) is 13.0. The molecule has 8 nitrogen and oxygen atoms in total. The number of sulfonamides is 1. The van der Waals surface area contributed by atoms with Gasteiger partial charge in [-0.1, -0.05) is 30.3 Å². The van der Waals surface area contributed by atoms with Crippen LogP contribution in [0.1, 0.15) is 0 Å². The molecule has 0 aliphatic rings. The van der Waals surface area contributed by atoms with Crippen LogP contribution in [0.15, 0.2) is 65.6 Å². The predicted octanol–water partition coefficient (Wildman–Crippen LogP) is 1.68. The Balaban J connectivity index is 2.11. The van der Waals surface area contributed by atoms with Crippen molar-refractivity contribution in [3.05, 3.63) is 60.7 Å². The number of hydrogen-bond acceptors (Lipinski definition) is 4. The van der Waals surface area contributed by atoms with Gasteiger partial charge in [0.2, 0.25) is 10.0 Å². The first-order chi connectivity index (χ1) is 11.8. The van der Waals surface area contributed by atoms with E-state index >= 15 is 0 Å². The van der Waals surface area contributed by atoms with Crippen LogP contribution in [0.3, 0.4) is 0 Å². The highest BCUT2D eigenvalue weighted by molar-refractivity contribution is 7.89. The molecule has 0 atom stereocenters. The summed E-state index contributed by atoms with van der Waals surface area (Å²) in [4.78, 5) is 11.1. The molecule has 1 heterocycles. The number of urea groups is 1. The Bertz CT molecular complexity index is 1010. The second-order valence-electron chi connectivity index (χ2n) is 5.22. The first-order valence-electron chi connectivity index (χ1n) is 7.20. The van der Waals surface area contributed by atoms with E-state index in [0.29, 0.717) is 11.4 Å². The molecule has 0 radical (unpaired) electrons. The maximum atomic E-state index is 11.4. The number of aromatic nitrogens is 2. The van der Waals surface area contributed by atoms with E-state index in [1.54, 1.807) is 22.9 Å². The van der Waals surface area contributed by atoms with Crippen molar-refractivity contribution in [2.24, 2.45) is 10.9 Å². The summed E-state index contributed by atoms with van der Waals surface area (Å²) in [5.41, 5.74) is 7.32. The summed E-state index contributed by atoms with van der Waals surface area (Å²) < 4.78 is 24.4. The molecule has 9 heteroatoms. The molecule has 3 aromatic rings. The second kappa shape index (κ2) is 6.38. The van der Waals surface area contributed by atoms with Gasteiger partial charge in [0.1, 0.15) is 0 Å². The fraction of sp³-hybridized carbons (Fsp3) is 0. The number of primary sulfonamides is 1. The van der Waals surface area contributed by atoms with Crippen molar-refractivity contribution in [3.63, 3.8) is 0 Å². The summed E-state index contributed by atoms with van der Waals surface area (Å²) in [6.07, 6.45) is 0. The summed E-state index contributed by atoms with van der Waals surface area (Å²) in [6.45, 7) is 0. The average molecular weight is 357 g/mol. The van der Waals surface area contributed by atoms with Crippen molar-refractivity contribution in [1.82, 2.24) is 9.78 Å². The van der Waals surface area contributed by atoms with Gasteiger partial charge in [0.15, 0.2) is 5.82 Å². The van der Waals surface area contributed by atoms with Crippen molar-refractivity contribution >= 4 is 21.9 Å². The van der Waals surface area contributed by atoms with Gasteiger partial charge >= 0.3 is 6.03 Å². The molecular weight excluding hydrogens is 342 g/mol. The van der Waals surface area contributed by atoms with Crippen LogP contribution in [0.2, 0.25) is 0 Å². The number of amides is 2. The first kappa shape index (κ1) is 16.7. The molecule has 0 fully saturated rings. The van der Waals surface area contributed by atoms with Crippen molar-refractivity contribution < 1.29 is 13.2 Å². The van der Waals surface area contributed by atoms with Gasteiger partial charge in [-0.2, -0.15) is 0 Å². The minimum Gasteiger partial charge on any atom is -0.351 e. The molecule has 128 valence electrons. The van der Waals surface area contributed by atoms with Crippen molar-refractivity contribution in [1.29, 1.82) is 0 Å². The maximum Gasteiger partial charge on any atom is 0.317 e. The van der Waals surface area contributed by atoms with Crippen LogP contribution in [0, 0.1) is 0 Å². The van der Waals surface area contributed by atoms with Gasteiger partial charge in [0, 0.05) is 11.6 Å². The summed E-state index contributed by atoms with van der Waals surface area (Å²) >= 11 is 0. The molecule has 0 bridgehead atoms. The van der Waals surface area contributed by atoms with Crippen molar-refractivity contribution in [2.45, 2.75) is 4.90 Å². The maximum absolute atomic E-state index is 11.4. The third-order valence-electron chi connectivity index (χ3n) is 3.44. The molecule has 0 aliphatic heterocycles. The quantitative estimate of drug-likeness (QED) is 0.655. The summed E-state index contributed by atoms with van der Waals surface area (Å²) in [5.74, 6) is 0.280. The molecular formula is C16H15N5O3S. The largest absolute Gasteiger partial charge is 0.351 e. The molecule has 3 rings (SSSR count). The van der Waals surface area contributed by atoms with Gasteiger partial charge < -0.3 is 5.73 Å². The SMILES string of the molecule is NC(=O)Nc1cc(-c2ccccc2)n(-c2ccc(S(N)(=O)=O)cc2)n1. The molecule has 0 saturated carbocycles. The Morgan fingerprint density at radius 1 is 1.04 bits per heavy atom. The van der Waals surface area contributed by atoms with Crippen LogP contribution in [0.25, 0.3) is 16.9 Å². The van der Waals surface area contributed by atoms with Crippen LogP contribution < -0.4 is 16.2 Å². The van der Waals surface area contributed by atoms with Crippen molar-refractivity contribution in [3.8, 4) is 16.9 Å². The highest BCUT2D eigenvalue weighted by Gasteiger charge is 2.14. The number of nitrogens with two attached hydrogens (primary N) is 2. The lowest BCUT2D eigenvalue weighted by Gasteiger charge is -2.08. The van der Waals surface area contributed by atoms with Gasteiger partial charge in [0.25, 0.3) is 0 Å². The van der Waals surface area contributed by atoms with Gasteiger partial charge in [-0.05, 0) is 24.3 Å². The number of hydrogen-bond donors (Lipinski definition) is 3. The zero-order valence-corrected chi connectivity index (χ0v) is 13.8. The Kier molecular flexibility index (Phi) is 4.26. The van der Waals surface area contributed by atoms with E-state index in [1.807, 2.05) is 30.3 Å². The van der Waals surface area contributed by atoms with E-state index in [2.05, 4.69) is 10.4 Å². The molecule has 0 aliphatic carbocycles. The topological polar surface area (TPSA) is 133 Å². The number of nitrogens with one attached hydrogen (secondary N) is 1. The number of anilines is 1. The molecule has 2 amide bonds. The third kappa shape index (κ3) is 3.67. The van der Waals surface area contributed by atoms with E-state index in [0.717, 1.165) is 5.56 Å². The fourth-order valence-electron chi connectivity index (χ4n) is 2.36. The van der Waals surface area contributed by atoms with E-state index in [-0.39, 0.29) is 10.7 Å². The lowest BCUT2D eigenvalue weighted by Crippen LogP contribution is -2.19. The molecule has 1 aromatic heterocycles. The smallest absolute Gasteiger partial charge is 0.317 e. The molecule has 0 unspecified atom stereocenters. The molecule has 0 spiro atoms. The van der Waals surface area contributed by atoms with E-state index in [4.69, 9.17) is 10.9 Å². The highest BCUT2D eigenvalue weighted by atomic mass is 32.2. The lowest BCUT2D eigenvalue weighted by molar-refractivity contribution is 0.259. The van der Waals surface area contributed by atoms with Crippen LogP contribution in [-0.2, 0) is 10.0 Å². The zero-order chi connectivity index (χ0) is 18.0. The molecule has 5 N–H and O–H groups in total. The normalized spacial score (nSPS) is 11.2. The number of rotatable bonds is 4. The van der Waals surface area contributed by atoms with Crippen LogP contribution in [0.5, 0.6) is 0 Å². The Labute approximate surface area is 144 Å². The first-order valence-corrected chi connectivity index (χ1v) is 8.74. The molecule has 2 aromatic carbocycles. The monoisotopic (exact) mass is 357 g/mol. The Morgan fingerprint density at radius 3 is 2.24 bits per heavy atom. The van der Waals surface area contributed by atoms with E-state index in [9.17, 15) is 13.2 Å². The van der Waals surface area contributed by atoms with Crippen LogP contribution >= 0.6 is 0 Å². The summed E-state index contributed by atoms with van der Waals surface area (Å²) in [6, 6.07) is 16.3. The summed E-state index contributed by atoms with van der Waals surface area (Å²) in [7, 11) is -3.78. The minimum absolute atomic E-state index is 0.000140. The minimum atomic E-state index is -3.78. The van der Waals surface area contributed by atoms with Gasteiger partial charge in [0.05, 0.1) is 16.3 Å². The van der Waals surface area contributed by atoms with Crippen LogP contribution in [0.4, 0.5) is 10.6 Å². The standard InChI is InChI=1S/C16H15N5O3S/c17-16(22)19-15-10-14(11-4-2-1-3-5-11)21(20-15)12-6-8-13(9-7-12)25(18,23)24/h1-10H,(H2,18,23,24)(H3,17,19,20,22). The number of primary amides is 1. The lowest BCUT2D eigenvalue weighted by atomic mass is 10.1. The Morgan fingerprint density at radius 2 is 1.68 bits per heavy atom. The Hall–Kier alpha value is -3.17. The number of carbonyl (C=O) groups is 1. The molecule has 25 heavy (non-hydrogen) atoms. The summed E-state index contributed by atoms with van der Waals surface area (Å²) in [5, 5.41) is 11.9. The predicted molar refractivity (Wildman–Crippen MR) is 93.6 cm³/mol. The second-order valence-corrected chi connectivity index (χ2v) is 6.78. The fourth-order valence-corrected chi connectivity index (χ4v) is 2.87. The number of benzene rings is 2. The molecule has 0 saturated heterocycles. The highest BCUT2D eigenvalue weighted by Crippen LogP contribution is 2.26. The van der Waals surface area contributed by atoms with Crippen LogP contribution in [-0.4, -0.2) is 24.2 Å². The van der Waals surface area contributed by atoms with Crippen molar-refractivity contribution in [2.75, 3.05) is 5.32 Å². The van der Waals surface area contributed by atoms with Gasteiger partial charge in [-0.15, -0.1) is 5.10 Å². The van der Waals surface area contributed by atoms with Gasteiger partial charge in [-0.3, -0.25) is 5.32 Å². The van der Waals surface area contributed by atoms with E-state index in [1.165, 1.54) is 12.1 Å². The van der Waals surface area contributed by atoms with E-state index < -0.39 is 16.1 Å². The number of carbonyl (C=O) groups excluding carboxylic acids is 1. The van der Waals surface area contributed by atoms with Gasteiger partial charge in [-0.25, -0.2) is 23.0 Å². The number of nitrogens with zero attached hydrogens (tertiary/aromatic N) is 2.